The Morgan fingerprint density at radius 2 is 2.05 bits per heavy atom. The zero-order chi connectivity index (χ0) is 14.6. The second-order valence-electron chi connectivity index (χ2n) is 6.40. The second-order valence-corrected chi connectivity index (χ2v) is 6.40. The first kappa shape index (κ1) is 15.9. The van der Waals surface area contributed by atoms with E-state index in [1.807, 2.05) is 14.0 Å². The van der Waals surface area contributed by atoms with E-state index in [1.54, 1.807) is 10.9 Å². The molecule has 1 rings (SSSR count). The number of hydrogen-bond acceptors (Lipinski definition) is 3. The third-order valence-corrected chi connectivity index (χ3v) is 3.85. The maximum absolute atomic E-state index is 12.3. The molecule has 1 aromatic rings. The molecular formula is C15H27N3O. The van der Waals surface area contributed by atoms with Gasteiger partial charge in [0.1, 0.15) is 5.69 Å². The molecule has 19 heavy (non-hydrogen) atoms. The van der Waals surface area contributed by atoms with Crippen LogP contribution in [0, 0.1) is 18.3 Å². The van der Waals surface area contributed by atoms with Crippen molar-refractivity contribution in [3.8, 4) is 0 Å². The van der Waals surface area contributed by atoms with E-state index in [0.29, 0.717) is 18.9 Å². The second kappa shape index (κ2) is 6.33. The van der Waals surface area contributed by atoms with Crippen molar-refractivity contribution in [2.45, 2.75) is 47.0 Å². The van der Waals surface area contributed by atoms with Crippen molar-refractivity contribution in [2.24, 2.45) is 24.1 Å². The van der Waals surface area contributed by atoms with Crippen molar-refractivity contribution in [3.05, 3.63) is 17.5 Å². The quantitative estimate of drug-likeness (QED) is 0.804. The van der Waals surface area contributed by atoms with E-state index in [2.05, 4.69) is 25.9 Å². The summed E-state index contributed by atoms with van der Waals surface area (Å²) in [7, 11) is 1.82. The molecule has 4 nitrogen and oxygen atoms in total. The number of ketones is 1. The first-order valence-electron chi connectivity index (χ1n) is 6.99. The van der Waals surface area contributed by atoms with Gasteiger partial charge >= 0.3 is 0 Å². The van der Waals surface area contributed by atoms with Crippen LogP contribution in [0.2, 0.25) is 0 Å². The molecular weight excluding hydrogens is 238 g/mol. The summed E-state index contributed by atoms with van der Waals surface area (Å²) in [6, 6.07) is 0. The summed E-state index contributed by atoms with van der Waals surface area (Å²) >= 11 is 0. The van der Waals surface area contributed by atoms with Crippen LogP contribution in [0.5, 0.6) is 0 Å². The smallest absolute Gasteiger partial charge is 0.181 e. The Morgan fingerprint density at radius 3 is 2.47 bits per heavy atom. The number of aromatic nitrogens is 2. The molecule has 1 unspecified atom stereocenters. The molecule has 1 aromatic heterocycles. The van der Waals surface area contributed by atoms with E-state index in [4.69, 9.17) is 5.73 Å². The highest BCUT2D eigenvalue weighted by molar-refractivity contribution is 5.95. The molecule has 1 heterocycles. The maximum Gasteiger partial charge on any atom is 0.181 e. The van der Waals surface area contributed by atoms with Crippen LogP contribution >= 0.6 is 0 Å². The number of carbonyl (C=O) groups excluding carboxylic acids is 1. The lowest BCUT2D eigenvalue weighted by Crippen LogP contribution is -2.24. The molecule has 0 fully saturated rings. The monoisotopic (exact) mass is 265 g/mol. The number of rotatable bonds is 6. The van der Waals surface area contributed by atoms with Gasteiger partial charge < -0.3 is 5.73 Å². The lowest BCUT2D eigenvalue weighted by atomic mass is 9.76. The van der Waals surface area contributed by atoms with Crippen molar-refractivity contribution >= 4 is 5.78 Å². The minimum absolute atomic E-state index is 0.184. The van der Waals surface area contributed by atoms with Crippen LogP contribution < -0.4 is 5.73 Å². The summed E-state index contributed by atoms with van der Waals surface area (Å²) in [5.74, 6) is 0.666. The highest BCUT2D eigenvalue weighted by atomic mass is 16.1. The Balaban J connectivity index is 2.67. The standard InChI is InChI=1S/C15H27N3O/c1-11-10-17-18(5)14(11)13(19)7-6-12(8-9-16)15(2,3)4/h10,12H,6-9,16H2,1-5H3. The summed E-state index contributed by atoms with van der Waals surface area (Å²) in [6.07, 6.45) is 4.18. The number of hydrogen-bond donors (Lipinski definition) is 1. The van der Waals surface area contributed by atoms with Gasteiger partial charge in [0.2, 0.25) is 0 Å². The van der Waals surface area contributed by atoms with Gasteiger partial charge in [-0.05, 0) is 43.2 Å². The van der Waals surface area contributed by atoms with Gasteiger partial charge in [0.05, 0.1) is 6.20 Å². The summed E-state index contributed by atoms with van der Waals surface area (Å²) in [6.45, 7) is 9.26. The fraction of sp³-hybridized carbons (Fsp3) is 0.733. The van der Waals surface area contributed by atoms with Crippen LogP contribution in [0.15, 0.2) is 6.20 Å². The summed E-state index contributed by atoms with van der Waals surface area (Å²) in [5.41, 5.74) is 7.57. The SMILES string of the molecule is Cc1cnn(C)c1C(=O)CCC(CCN)C(C)(C)C. The van der Waals surface area contributed by atoms with E-state index in [0.717, 1.165) is 24.1 Å². The van der Waals surface area contributed by atoms with Gasteiger partial charge in [0, 0.05) is 13.5 Å². The molecule has 0 bridgehead atoms. The first-order valence-corrected chi connectivity index (χ1v) is 6.99. The van der Waals surface area contributed by atoms with E-state index < -0.39 is 0 Å². The average Bonchev–Trinajstić information content (AvgIpc) is 2.62. The van der Waals surface area contributed by atoms with Crippen molar-refractivity contribution in [3.63, 3.8) is 0 Å². The molecule has 1 atom stereocenters. The highest BCUT2D eigenvalue weighted by Gasteiger charge is 2.25. The normalized spacial score (nSPS) is 13.6. The molecule has 0 aliphatic heterocycles. The van der Waals surface area contributed by atoms with Gasteiger partial charge in [-0.15, -0.1) is 0 Å². The Labute approximate surface area is 116 Å². The molecule has 108 valence electrons. The molecule has 0 spiro atoms. The zero-order valence-electron chi connectivity index (χ0n) is 12.9. The molecule has 0 aromatic carbocycles. The van der Waals surface area contributed by atoms with Crippen LogP contribution in [-0.2, 0) is 7.05 Å². The van der Waals surface area contributed by atoms with Crippen LogP contribution in [0.4, 0.5) is 0 Å². The van der Waals surface area contributed by atoms with Gasteiger partial charge in [0.25, 0.3) is 0 Å². The predicted octanol–water partition coefficient (Wildman–Crippen LogP) is 2.70. The van der Waals surface area contributed by atoms with Crippen molar-refractivity contribution in [1.82, 2.24) is 9.78 Å². The number of Topliss-reactive ketones (excluding diaryl/α,β-unsaturated/α-hetero) is 1. The van der Waals surface area contributed by atoms with Gasteiger partial charge in [0.15, 0.2) is 5.78 Å². The fourth-order valence-corrected chi connectivity index (χ4v) is 2.58. The Hall–Kier alpha value is -1.16. The number of nitrogens with two attached hydrogens (primary N) is 1. The molecule has 0 saturated heterocycles. The fourth-order valence-electron chi connectivity index (χ4n) is 2.58. The van der Waals surface area contributed by atoms with Crippen molar-refractivity contribution in [1.29, 1.82) is 0 Å². The van der Waals surface area contributed by atoms with E-state index in [1.165, 1.54) is 0 Å². The summed E-state index contributed by atoms with van der Waals surface area (Å²) in [5, 5.41) is 4.13. The van der Waals surface area contributed by atoms with Gasteiger partial charge in [-0.3, -0.25) is 9.48 Å². The Bertz CT molecular complexity index is 410. The molecule has 0 aliphatic carbocycles. The van der Waals surface area contributed by atoms with Crippen LogP contribution in [0.25, 0.3) is 0 Å². The van der Waals surface area contributed by atoms with Crippen molar-refractivity contribution < 1.29 is 4.79 Å². The largest absolute Gasteiger partial charge is 0.330 e. The van der Waals surface area contributed by atoms with Gasteiger partial charge in [-0.1, -0.05) is 20.8 Å². The summed E-state index contributed by atoms with van der Waals surface area (Å²) < 4.78 is 1.67. The molecule has 4 heteroatoms. The number of nitrogens with zero attached hydrogens (tertiary/aromatic N) is 2. The van der Waals surface area contributed by atoms with Crippen molar-refractivity contribution in [2.75, 3.05) is 6.54 Å². The van der Waals surface area contributed by atoms with E-state index >= 15 is 0 Å². The van der Waals surface area contributed by atoms with E-state index in [-0.39, 0.29) is 11.2 Å². The van der Waals surface area contributed by atoms with E-state index in [9.17, 15) is 4.79 Å². The molecule has 0 radical (unpaired) electrons. The lowest BCUT2D eigenvalue weighted by Gasteiger charge is -2.30. The maximum atomic E-state index is 12.3. The predicted molar refractivity (Wildman–Crippen MR) is 78.1 cm³/mol. The van der Waals surface area contributed by atoms with Crippen LogP contribution in [0.1, 0.15) is 56.1 Å². The first-order chi connectivity index (χ1) is 8.77. The Morgan fingerprint density at radius 1 is 1.42 bits per heavy atom. The molecule has 2 N–H and O–H groups in total. The number of aryl methyl sites for hydroxylation is 2. The van der Waals surface area contributed by atoms with Gasteiger partial charge in [-0.25, -0.2) is 0 Å². The number of carbonyl (C=O) groups is 1. The third-order valence-electron chi connectivity index (χ3n) is 3.85. The third kappa shape index (κ3) is 4.16. The minimum atomic E-state index is 0.184. The average molecular weight is 265 g/mol. The minimum Gasteiger partial charge on any atom is -0.330 e. The topological polar surface area (TPSA) is 60.9 Å². The molecule has 0 saturated carbocycles. The summed E-state index contributed by atoms with van der Waals surface area (Å²) in [4.78, 5) is 12.3. The van der Waals surface area contributed by atoms with Gasteiger partial charge in [-0.2, -0.15) is 5.10 Å². The van der Waals surface area contributed by atoms with Crippen LogP contribution in [0.3, 0.4) is 0 Å². The molecule has 0 aliphatic rings. The van der Waals surface area contributed by atoms with Crippen LogP contribution in [-0.4, -0.2) is 22.1 Å². The highest BCUT2D eigenvalue weighted by Crippen LogP contribution is 2.32. The zero-order valence-corrected chi connectivity index (χ0v) is 12.9. The lowest BCUT2D eigenvalue weighted by molar-refractivity contribution is 0.0948. The Kier molecular flexibility index (Phi) is 5.29. The molecule has 0 amide bonds.